The number of nitro groups is 1. The van der Waals surface area contributed by atoms with Gasteiger partial charge < -0.3 is 19.7 Å². The van der Waals surface area contributed by atoms with E-state index >= 15 is 0 Å². The predicted molar refractivity (Wildman–Crippen MR) is 118 cm³/mol. The van der Waals surface area contributed by atoms with E-state index in [1.807, 2.05) is 0 Å². The number of methoxy groups -OCH3 is 1. The first kappa shape index (κ1) is 23.2. The highest BCUT2D eigenvalue weighted by Gasteiger charge is 2.25. The minimum atomic E-state index is -0.590. The Morgan fingerprint density at radius 3 is 2.53 bits per heavy atom. The molecule has 2 aromatic rings. The van der Waals surface area contributed by atoms with E-state index in [9.17, 15) is 14.9 Å². The number of carbonyl (C=O) groups excluding carboxylic acids is 1. The van der Waals surface area contributed by atoms with Gasteiger partial charge in [0.25, 0.3) is 11.6 Å². The maximum absolute atomic E-state index is 12.6. The van der Waals surface area contributed by atoms with Crippen molar-refractivity contribution in [1.29, 1.82) is 0 Å². The highest BCUT2D eigenvalue weighted by Crippen LogP contribution is 2.34. The lowest BCUT2D eigenvalue weighted by atomic mass is 10.1. The summed E-state index contributed by atoms with van der Waals surface area (Å²) >= 11 is 0. The average Bonchev–Trinajstić information content (AvgIpc) is 2.82. The molecule has 172 valence electrons. The number of nitro benzene ring substituents is 1. The van der Waals surface area contributed by atoms with Crippen LogP contribution in [0.1, 0.15) is 23.7 Å². The third-order valence-electron chi connectivity index (χ3n) is 5.17. The van der Waals surface area contributed by atoms with Crippen LogP contribution in [-0.4, -0.2) is 78.7 Å². The molecule has 1 amide bonds. The summed E-state index contributed by atoms with van der Waals surface area (Å²) < 4.78 is 10.6. The lowest BCUT2D eigenvalue weighted by Crippen LogP contribution is -2.47. The van der Waals surface area contributed by atoms with Crippen LogP contribution in [0.2, 0.25) is 0 Å². The van der Waals surface area contributed by atoms with Crippen LogP contribution in [0.3, 0.4) is 0 Å². The first-order valence-corrected chi connectivity index (χ1v) is 10.5. The standard InChI is InChI=1S/C21H28N6O5/c1-3-32-19-15-17(27(29)30)16(14-18(19)31-2)20(28)22-8-5-9-25-10-12-26(13-11-25)21-23-6-4-7-24-21/h4,6-7,14-15H,3,5,8-13H2,1-2H3,(H,22,28). The first-order chi connectivity index (χ1) is 15.5. The fraction of sp³-hybridized carbons (Fsp3) is 0.476. The first-order valence-electron chi connectivity index (χ1n) is 10.5. The Labute approximate surface area is 186 Å². The Bertz CT molecular complexity index is 918. The number of ether oxygens (including phenoxy) is 2. The van der Waals surface area contributed by atoms with Crippen molar-refractivity contribution >= 4 is 17.5 Å². The van der Waals surface area contributed by atoms with Crippen molar-refractivity contribution in [2.45, 2.75) is 13.3 Å². The van der Waals surface area contributed by atoms with E-state index in [-0.39, 0.29) is 22.7 Å². The molecule has 32 heavy (non-hydrogen) atoms. The summed E-state index contributed by atoms with van der Waals surface area (Å²) in [5.41, 5.74) is -0.363. The van der Waals surface area contributed by atoms with E-state index < -0.39 is 10.8 Å². The van der Waals surface area contributed by atoms with Crippen LogP contribution in [0.5, 0.6) is 11.5 Å². The van der Waals surface area contributed by atoms with E-state index in [2.05, 4.69) is 25.1 Å². The van der Waals surface area contributed by atoms with Crippen molar-refractivity contribution < 1.29 is 19.2 Å². The zero-order chi connectivity index (χ0) is 22.9. The van der Waals surface area contributed by atoms with Gasteiger partial charge in [-0.2, -0.15) is 0 Å². The summed E-state index contributed by atoms with van der Waals surface area (Å²) in [7, 11) is 1.43. The number of rotatable bonds is 10. The van der Waals surface area contributed by atoms with E-state index in [1.165, 1.54) is 19.2 Å². The van der Waals surface area contributed by atoms with Crippen molar-refractivity contribution in [3.05, 3.63) is 46.3 Å². The van der Waals surface area contributed by atoms with Gasteiger partial charge in [-0.15, -0.1) is 0 Å². The van der Waals surface area contributed by atoms with Crippen LogP contribution in [0.4, 0.5) is 11.6 Å². The van der Waals surface area contributed by atoms with Gasteiger partial charge in [-0.3, -0.25) is 19.8 Å². The summed E-state index contributed by atoms with van der Waals surface area (Å²) in [5.74, 6) is 0.747. The quantitative estimate of drug-likeness (QED) is 0.331. The van der Waals surface area contributed by atoms with Gasteiger partial charge in [0.2, 0.25) is 5.95 Å². The molecule has 0 saturated carbocycles. The minimum Gasteiger partial charge on any atom is -0.493 e. The summed E-state index contributed by atoms with van der Waals surface area (Å²) in [6.07, 6.45) is 4.21. The summed E-state index contributed by atoms with van der Waals surface area (Å²) in [5, 5.41) is 14.2. The van der Waals surface area contributed by atoms with Crippen LogP contribution < -0.4 is 19.7 Å². The molecule has 0 aliphatic carbocycles. The number of anilines is 1. The molecule has 0 spiro atoms. The molecule has 0 radical (unpaired) electrons. The number of amides is 1. The maximum Gasteiger partial charge on any atom is 0.286 e. The molecule has 3 rings (SSSR count). The van der Waals surface area contributed by atoms with Crippen molar-refractivity contribution in [2.75, 3.05) is 57.9 Å². The van der Waals surface area contributed by atoms with E-state index in [1.54, 1.807) is 25.4 Å². The summed E-state index contributed by atoms with van der Waals surface area (Å²) in [4.78, 5) is 36.5. The maximum atomic E-state index is 12.6. The Hall–Kier alpha value is -3.47. The van der Waals surface area contributed by atoms with Gasteiger partial charge in [-0.25, -0.2) is 9.97 Å². The SMILES string of the molecule is CCOc1cc([N+](=O)[O-])c(C(=O)NCCCN2CCN(c3ncccn3)CC2)cc1OC. The number of benzene rings is 1. The fourth-order valence-electron chi connectivity index (χ4n) is 3.54. The summed E-state index contributed by atoms with van der Waals surface area (Å²) in [6, 6.07) is 4.38. The molecule has 1 aromatic carbocycles. The van der Waals surface area contributed by atoms with Gasteiger partial charge in [0.1, 0.15) is 5.56 Å². The highest BCUT2D eigenvalue weighted by atomic mass is 16.6. The Morgan fingerprint density at radius 1 is 1.19 bits per heavy atom. The van der Waals surface area contributed by atoms with Gasteiger partial charge in [-0.05, 0) is 26.0 Å². The molecule has 1 aliphatic rings. The van der Waals surface area contributed by atoms with E-state index in [0.29, 0.717) is 13.2 Å². The van der Waals surface area contributed by atoms with Gasteiger partial charge in [0.05, 0.1) is 24.7 Å². The van der Waals surface area contributed by atoms with Crippen molar-refractivity contribution in [3.63, 3.8) is 0 Å². The monoisotopic (exact) mass is 444 g/mol. The van der Waals surface area contributed by atoms with Crippen LogP contribution >= 0.6 is 0 Å². The molecule has 0 unspecified atom stereocenters. The molecular formula is C21H28N6O5. The molecule has 0 atom stereocenters. The predicted octanol–water partition coefficient (Wildman–Crippen LogP) is 1.73. The van der Waals surface area contributed by atoms with Gasteiger partial charge in [0, 0.05) is 51.2 Å². The molecule has 1 saturated heterocycles. The van der Waals surface area contributed by atoms with E-state index in [4.69, 9.17) is 9.47 Å². The second-order valence-corrected chi connectivity index (χ2v) is 7.20. The zero-order valence-corrected chi connectivity index (χ0v) is 18.3. The number of piperazine rings is 1. The normalized spacial score (nSPS) is 14.1. The van der Waals surface area contributed by atoms with Gasteiger partial charge in [0.15, 0.2) is 11.5 Å². The Balaban J connectivity index is 1.49. The lowest BCUT2D eigenvalue weighted by Gasteiger charge is -2.34. The number of nitrogens with zero attached hydrogens (tertiary/aromatic N) is 5. The topological polar surface area (TPSA) is 123 Å². The molecule has 1 aromatic heterocycles. The largest absolute Gasteiger partial charge is 0.493 e. The van der Waals surface area contributed by atoms with Crippen LogP contribution in [0.25, 0.3) is 0 Å². The van der Waals surface area contributed by atoms with Crippen LogP contribution in [0, 0.1) is 10.1 Å². The van der Waals surface area contributed by atoms with Gasteiger partial charge in [-0.1, -0.05) is 0 Å². The third-order valence-corrected chi connectivity index (χ3v) is 5.17. The number of carbonyl (C=O) groups is 1. The molecule has 2 heterocycles. The smallest absolute Gasteiger partial charge is 0.286 e. The van der Waals surface area contributed by atoms with Crippen LogP contribution in [0.15, 0.2) is 30.6 Å². The fourth-order valence-corrected chi connectivity index (χ4v) is 3.54. The highest BCUT2D eigenvalue weighted by molar-refractivity contribution is 5.99. The van der Waals surface area contributed by atoms with Gasteiger partial charge >= 0.3 is 0 Å². The molecule has 11 heteroatoms. The zero-order valence-electron chi connectivity index (χ0n) is 18.3. The lowest BCUT2D eigenvalue weighted by molar-refractivity contribution is -0.385. The minimum absolute atomic E-state index is 0.0493. The third kappa shape index (κ3) is 5.82. The summed E-state index contributed by atoms with van der Waals surface area (Å²) in [6.45, 7) is 6.77. The number of aromatic nitrogens is 2. The Morgan fingerprint density at radius 2 is 1.91 bits per heavy atom. The number of hydrogen-bond acceptors (Lipinski definition) is 9. The number of hydrogen-bond donors (Lipinski definition) is 1. The molecule has 1 aliphatic heterocycles. The number of nitrogens with one attached hydrogen (secondary N) is 1. The van der Waals surface area contributed by atoms with Crippen molar-refractivity contribution in [2.24, 2.45) is 0 Å². The Kier molecular flexibility index (Phi) is 8.14. The average molecular weight is 444 g/mol. The van der Waals surface area contributed by atoms with Crippen LogP contribution in [-0.2, 0) is 0 Å². The molecule has 1 fully saturated rings. The second kappa shape index (κ2) is 11.2. The molecule has 0 bridgehead atoms. The van der Waals surface area contributed by atoms with Crippen molar-refractivity contribution in [3.8, 4) is 11.5 Å². The molecule has 1 N–H and O–H groups in total. The van der Waals surface area contributed by atoms with E-state index in [0.717, 1.165) is 45.1 Å². The van der Waals surface area contributed by atoms with Crippen molar-refractivity contribution in [1.82, 2.24) is 20.2 Å². The molecular weight excluding hydrogens is 416 g/mol. The molecule has 11 nitrogen and oxygen atoms in total. The second-order valence-electron chi connectivity index (χ2n) is 7.20.